The molecule has 0 radical (unpaired) electrons. The van der Waals surface area contributed by atoms with Crippen molar-refractivity contribution in [1.29, 1.82) is 0 Å². The molecule has 116 valence electrons. The number of benzene rings is 1. The topological polar surface area (TPSA) is 49.4 Å². The second kappa shape index (κ2) is 8.37. The van der Waals surface area contributed by atoms with Crippen molar-refractivity contribution in [2.24, 2.45) is 0 Å². The molecule has 4 nitrogen and oxygen atoms in total. The lowest BCUT2D eigenvalue weighted by Crippen LogP contribution is -2.41. The zero-order valence-corrected chi connectivity index (χ0v) is 14.0. The van der Waals surface area contributed by atoms with Gasteiger partial charge in [0.1, 0.15) is 0 Å². The van der Waals surface area contributed by atoms with Crippen LogP contribution in [0.25, 0.3) is 0 Å². The number of ketones is 1. The fourth-order valence-corrected chi connectivity index (χ4v) is 2.11. The van der Waals surface area contributed by atoms with Gasteiger partial charge < -0.3 is 5.32 Å². The molecular formula is C15H20Cl2N2O2. The average Bonchev–Trinajstić information content (AvgIpc) is 2.39. The molecule has 0 unspecified atom stereocenters. The van der Waals surface area contributed by atoms with Gasteiger partial charge in [-0.15, -0.1) is 0 Å². The number of nitrogens with zero attached hydrogens (tertiary/aromatic N) is 1. The van der Waals surface area contributed by atoms with Gasteiger partial charge in [0.05, 0.1) is 23.1 Å². The van der Waals surface area contributed by atoms with Gasteiger partial charge in [-0.1, -0.05) is 30.1 Å². The molecule has 0 saturated carbocycles. The van der Waals surface area contributed by atoms with E-state index in [0.29, 0.717) is 22.2 Å². The minimum atomic E-state index is -0.0900. The number of rotatable bonds is 7. The molecule has 0 aromatic heterocycles. The third kappa shape index (κ3) is 6.04. The number of halogens is 2. The van der Waals surface area contributed by atoms with Crippen molar-refractivity contribution < 1.29 is 9.59 Å². The zero-order valence-electron chi connectivity index (χ0n) is 12.5. The van der Waals surface area contributed by atoms with Gasteiger partial charge in [0.2, 0.25) is 5.91 Å². The van der Waals surface area contributed by atoms with Crippen LogP contribution in [0.15, 0.2) is 18.2 Å². The molecule has 21 heavy (non-hydrogen) atoms. The van der Waals surface area contributed by atoms with E-state index in [4.69, 9.17) is 23.2 Å². The second-order valence-corrected chi connectivity index (χ2v) is 5.89. The molecule has 0 bridgehead atoms. The third-order valence-electron chi connectivity index (χ3n) is 2.87. The number of hydrogen-bond donors (Lipinski definition) is 1. The second-order valence-electron chi connectivity index (χ2n) is 5.08. The summed E-state index contributed by atoms with van der Waals surface area (Å²) in [5.41, 5.74) is 0.493. The van der Waals surface area contributed by atoms with Crippen molar-refractivity contribution in [3.8, 4) is 0 Å². The summed E-state index contributed by atoms with van der Waals surface area (Å²) < 4.78 is 0. The first-order chi connectivity index (χ1) is 9.83. The van der Waals surface area contributed by atoms with Crippen LogP contribution in [-0.2, 0) is 4.79 Å². The van der Waals surface area contributed by atoms with Gasteiger partial charge in [0.25, 0.3) is 0 Å². The molecule has 1 rings (SSSR count). The summed E-state index contributed by atoms with van der Waals surface area (Å²) in [7, 11) is 0. The molecule has 1 aromatic carbocycles. The van der Waals surface area contributed by atoms with Crippen LogP contribution >= 0.6 is 23.2 Å². The van der Waals surface area contributed by atoms with E-state index in [0.717, 1.165) is 0 Å². The van der Waals surface area contributed by atoms with E-state index in [1.165, 1.54) is 0 Å². The molecule has 0 aliphatic heterocycles. The summed E-state index contributed by atoms with van der Waals surface area (Å²) in [5.74, 6) is -0.179. The van der Waals surface area contributed by atoms with E-state index in [1.54, 1.807) is 23.1 Å². The number of carbonyl (C=O) groups excluding carboxylic acids is 2. The molecule has 1 amide bonds. The molecule has 0 aliphatic carbocycles. The zero-order chi connectivity index (χ0) is 16.0. The van der Waals surface area contributed by atoms with Crippen LogP contribution in [0.2, 0.25) is 10.0 Å². The fourth-order valence-electron chi connectivity index (χ4n) is 1.81. The Balaban J connectivity index is 2.65. The Morgan fingerprint density at radius 1 is 1.19 bits per heavy atom. The number of carbonyl (C=O) groups is 2. The van der Waals surface area contributed by atoms with Gasteiger partial charge in [0, 0.05) is 11.6 Å². The van der Waals surface area contributed by atoms with E-state index in [1.807, 2.05) is 20.8 Å². The van der Waals surface area contributed by atoms with Crippen molar-refractivity contribution in [1.82, 2.24) is 10.2 Å². The van der Waals surface area contributed by atoms with Crippen LogP contribution in [-0.4, -0.2) is 42.3 Å². The van der Waals surface area contributed by atoms with Crippen molar-refractivity contribution in [3.63, 3.8) is 0 Å². The summed E-state index contributed by atoms with van der Waals surface area (Å²) in [6, 6.07) is 4.87. The molecule has 0 aliphatic rings. The van der Waals surface area contributed by atoms with Crippen LogP contribution < -0.4 is 5.32 Å². The molecule has 0 spiro atoms. The monoisotopic (exact) mass is 330 g/mol. The van der Waals surface area contributed by atoms with Gasteiger partial charge in [-0.05, 0) is 38.6 Å². The van der Waals surface area contributed by atoms with Gasteiger partial charge >= 0.3 is 0 Å². The predicted octanol–water partition coefficient (Wildman–Crippen LogP) is 3.02. The Morgan fingerprint density at radius 2 is 1.86 bits per heavy atom. The highest BCUT2D eigenvalue weighted by Gasteiger charge is 2.15. The Labute approximate surface area is 135 Å². The smallest absolute Gasteiger partial charge is 0.234 e. The standard InChI is InChI=1S/C15H20Cl2N2O2/c1-4-19(9-15(21)18-10(2)3)8-14(20)11-5-6-12(16)13(17)7-11/h5-7,10H,4,8-9H2,1-3H3,(H,18,21). The number of Topliss-reactive ketones (excluding diaryl/α,β-unsaturated/α-hetero) is 1. The normalized spacial score (nSPS) is 11.0. The lowest BCUT2D eigenvalue weighted by molar-refractivity contribution is -0.122. The summed E-state index contributed by atoms with van der Waals surface area (Å²) in [4.78, 5) is 25.7. The van der Waals surface area contributed by atoms with Crippen molar-refractivity contribution in [3.05, 3.63) is 33.8 Å². The van der Waals surface area contributed by atoms with Crippen LogP contribution in [0.4, 0.5) is 0 Å². The van der Waals surface area contributed by atoms with E-state index < -0.39 is 0 Å². The van der Waals surface area contributed by atoms with Gasteiger partial charge in [-0.3, -0.25) is 14.5 Å². The Kier molecular flexibility index (Phi) is 7.15. The molecule has 0 atom stereocenters. The largest absolute Gasteiger partial charge is 0.353 e. The maximum atomic E-state index is 12.2. The summed E-state index contributed by atoms with van der Waals surface area (Å²) in [6.45, 7) is 6.68. The minimum Gasteiger partial charge on any atom is -0.353 e. The van der Waals surface area contributed by atoms with Gasteiger partial charge in [-0.25, -0.2) is 0 Å². The average molecular weight is 331 g/mol. The SMILES string of the molecule is CCN(CC(=O)NC(C)C)CC(=O)c1ccc(Cl)c(Cl)c1. The third-order valence-corrected chi connectivity index (χ3v) is 3.61. The van der Waals surface area contributed by atoms with Crippen LogP contribution in [0.3, 0.4) is 0 Å². The van der Waals surface area contributed by atoms with Crippen LogP contribution in [0.1, 0.15) is 31.1 Å². The molecule has 6 heteroatoms. The van der Waals surface area contributed by atoms with Crippen molar-refractivity contribution >= 4 is 34.9 Å². The van der Waals surface area contributed by atoms with E-state index >= 15 is 0 Å². The lowest BCUT2D eigenvalue weighted by atomic mass is 10.1. The molecule has 1 aromatic rings. The van der Waals surface area contributed by atoms with Crippen LogP contribution in [0.5, 0.6) is 0 Å². The van der Waals surface area contributed by atoms with Crippen molar-refractivity contribution in [2.45, 2.75) is 26.8 Å². The number of amides is 1. The highest BCUT2D eigenvalue weighted by atomic mass is 35.5. The Hall–Kier alpha value is -1.10. The summed E-state index contributed by atoms with van der Waals surface area (Å²) in [5, 5.41) is 3.57. The molecule has 1 N–H and O–H groups in total. The maximum Gasteiger partial charge on any atom is 0.234 e. The molecular weight excluding hydrogens is 311 g/mol. The molecule has 0 heterocycles. The van der Waals surface area contributed by atoms with E-state index in [-0.39, 0.29) is 30.8 Å². The number of hydrogen-bond acceptors (Lipinski definition) is 3. The highest BCUT2D eigenvalue weighted by Crippen LogP contribution is 2.22. The quantitative estimate of drug-likeness (QED) is 0.782. The van der Waals surface area contributed by atoms with Crippen LogP contribution in [0, 0.1) is 0 Å². The summed E-state index contributed by atoms with van der Waals surface area (Å²) in [6.07, 6.45) is 0. The van der Waals surface area contributed by atoms with E-state index in [9.17, 15) is 9.59 Å². The van der Waals surface area contributed by atoms with Crippen molar-refractivity contribution in [2.75, 3.05) is 19.6 Å². The molecule has 0 fully saturated rings. The highest BCUT2D eigenvalue weighted by molar-refractivity contribution is 6.42. The number of nitrogens with one attached hydrogen (secondary N) is 1. The minimum absolute atomic E-state index is 0.0852. The first-order valence-electron chi connectivity index (χ1n) is 6.83. The predicted molar refractivity (Wildman–Crippen MR) is 86.2 cm³/mol. The first kappa shape index (κ1) is 18.0. The van der Waals surface area contributed by atoms with Gasteiger partial charge in [-0.2, -0.15) is 0 Å². The first-order valence-corrected chi connectivity index (χ1v) is 7.59. The molecule has 0 saturated heterocycles. The maximum absolute atomic E-state index is 12.2. The van der Waals surface area contributed by atoms with Gasteiger partial charge in [0.15, 0.2) is 5.78 Å². The number of likely N-dealkylation sites (N-methyl/N-ethyl adjacent to an activating group) is 1. The Morgan fingerprint density at radius 3 is 2.38 bits per heavy atom. The lowest BCUT2D eigenvalue weighted by Gasteiger charge is -2.20. The summed E-state index contributed by atoms with van der Waals surface area (Å²) >= 11 is 11.7. The van der Waals surface area contributed by atoms with E-state index in [2.05, 4.69) is 5.32 Å². The Bertz CT molecular complexity index is 518. The fraction of sp³-hybridized carbons (Fsp3) is 0.467.